The molecule has 0 unspecified atom stereocenters. The van der Waals surface area contributed by atoms with Crippen molar-refractivity contribution in [2.24, 2.45) is 0 Å². The van der Waals surface area contributed by atoms with Gasteiger partial charge in [-0.1, -0.05) is 56.9 Å². The molecule has 1 aromatic carbocycles. The monoisotopic (exact) mass is 248 g/mol. The number of unbranched alkanes of at least 4 members (excludes halogenated alkanes) is 4. The number of carbonyl (C=O) groups is 1. The van der Waals surface area contributed by atoms with Crippen LogP contribution in [0.15, 0.2) is 24.3 Å². The lowest BCUT2D eigenvalue weighted by Gasteiger charge is -2.05. The van der Waals surface area contributed by atoms with E-state index in [1.807, 2.05) is 12.1 Å². The molecule has 18 heavy (non-hydrogen) atoms. The molecule has 0 atom stereocenters. The molecule has 0 saturated heterocycles. The zero-order valence-electron chi connectivity index (χ0n) is 11.6. The Balaban J connectivity index is 2.37. The van der Waals surface area contributed by atoms with Crippen LogP contribution in [0.4, 0.5) is 0 Å². The minimum absolute atomic E-state index is 0.171. The number of aryl methyl sites for hydroxylation is 1. The molecule has 2 heteroatoms. The summed E-state index contributed by atoms with van der Waals surface area (Å²) >= 11 is 0. The van der Waals surface area contributed by atoms with Crippen LogP contribution in [0.3, 0.4) is 0 Å². The van der Waals surface area contributed by atoms with Crippen molar-refractivity contribution in [2.75, 3.05) is 7.11 Å². The minimum Gasteiger partial charge on any atom is -0.469 e. The first-order valence-electron chi connectivity index (χ1n) is 6.91. The van der Waals surface area contributed by atoms with Gasteiger partial charge in [-0.3, -0.25) is 4.79 Å². The molecule has 0 aliphatic carbocycles. The van der Waals surface area contributed by atoms with E-state index in [1.54, 1.807) is 0 Å². The molecule has 0 heterocycles. The van der Waals surface area contributed by atoms with Crippen molar-refractivity contribution in [1.82, 2.24) is 0 Å². The van der Waals surface area contributed by atoms with Gasteiger partial charge in [0, 0.05) is 0 Å². The third-order valence-electron chi connectivity index (χ3n) is 3.14. The predicted octanol–water partition coefficient (Wildman–Crippen LogP) is 3.92. The van der Waals surface area contributed by atoms with Crippen molar-refractivity contribution in [3.8, 4) is 0 Å². The minimum atomic E-state index is -0.171. The lowest BCUT2D eigenvalue weighted by molar-refractivity contribution is -0.139. The van der Waals surface area contributed by atoms with Gasteiger partial charge >= 0.3 is 5.97 Å². The fourth-order valence-electron chi connectivity index (χ4n) is 2.07. The van der Waals surface area contributed by atoms with Gasteiger partial charge < -0.3 is 4.74 Å². The van der Waals surface area contributed by atoms with Gasteiger partial charge in [0.05, 0.1) is 13.5 Å². The molecule has 0 radical (unpaired) electrons. The van der Waals surface area contributed by atoms with Crippen LogP contribution >= 0.6 is 0 Å². The Kier molecular flexibility index (Phi) is 7.16. The Labute approximate surface area is 110 Å². The molecular formula is C16H24O2. The second-order valence-corrected chi connectivity index (χ2v) is 4.74. The van der Waals surface area contributed by atoms with Crippen molar-refractivity contribution in [1.29, 1.82) is 0 Å². The SMILES string of the molecule is CCCCCCCc1cccc(CC(=O)OC)c1. The van der Waals surface area contributed by atoms with Gasteiger partial charge in [0.1, 0.15) is 0 Å². The Morgan fingerprint density at radius 3 is 2.56 bits per heavy atom. The number of methoxy groups -OCH3 is 1. The topological polar surface area (TPSA) is 26.3 Å². The summed E-state index contributed by atoms with van der Waals surface area (Å²) in [5, 5.41) is 0. The molecule has 0 fully saturated rings. The third kappa shape index (κ3) is 5.85. The molecule has 100 valence electrons. The Hall–Kier alpha value is -1.31. The van der Waals surface area contributed by atoms with Crippen LogP contribution in [-0.4, -0.2) is 13.1 Å². The number of esters is 1. The summed E-state index contributed by atoms with van der Waals surface area (Å²) in [6.07, 6.45) is 7.98. The van der Waals surface area contributed by atoms with Crippen LogP contribution < -0.4 is 0 Å². The van der Waals surface area contributed by atoms with Crippen molar-refractivity contribution < 1.29 is 9.53 Å². The van der Waals surface area contributed by atoms with Crippen molar-refractivity contribution in [3.63, 3.8) is 0 Å². The highest BCUT2D eigenvalue weighted by molar-refractivity contribution is 5.72. The normalized spacial score (nSPS) is 10.3. The maximum Gasteiger partial charge on any atom is 0.309 e. The molecule has 0 spiro atoms. The number of benzene rings is 1. The standard InChI is InChI=1S/C16H24O2/c1-3-4-5-6-7-9-14-10-8-11-15(12-14)13-16(17)18-2/h8,10-12H,3-7,9,13H2,1-2H3. The number of ether oxygens (including phenoxy) is 1. The van der Waals surface area contributed by atoms with Crippen LogP contribution in [0.5, 0.6) is 0 Å². The summed E-state index contributed by atoms with van der Waals surface area (Å²) in [4.78, 5) is 11.2. The number of hydrogen-bond donors (Lipinski definition) is 0. The highest BCUT2D eigenvalue weighted by Crippen LogP contribution is 2.11. The average Bonchev–Trinajstić information content (AvgIpc) is 2.39. The van der Waals surface area contributed by atoms with E-state index in [1.165, 1.54) is 44.8 Å². The second kappa shape index (κ2) is 8.73. The Bertz CT molecular complexity index is 358. The molecule has 0 aliphatic heterocycles. The predicted molar refractivity (Wildman–Crippen MR) is 74.6 cm³/mol. The number of carbonyl (C=O) groups excluding carboxylic acids is 1. The summed E-state index contributed by atoms with van der Waals surface area (Å²) in [6, 6.07) is 8.27. The largest absolute Gasteiger partial charge is 0.469 e. The van der Waals surface area contributed by atoms with Crippen LogP contribution in [-0.2, 0) is 22.4 Å². The van der Waals surface area contributed by atoms with Crippen molar-refractivity contribution >= 4 is 5.97 Å². The van der Waals surface area contributed by atoms with E-state index in [0.29, 0.717) is 6.42 Å². The Morgan fingerprint density at radius 2 is 1.83 bits per heavy atom. The zero-order valence-corrected chi connectivity index (χ0v) is 11.6. The number of hydrogen-bond acceptors (Lipinski definition) is 2. The van der Waals surface area contributed by atoms with Gasteiger partial charge in [-0.05, 0) is 24.0 Å². The molecule has 2 nitrogen and oxygen atoms in total. The molecule has 1 rings (SSSR count). The molecule has 0 amide bonds. The number of rotatable bonds is 8. The second-order valence-electron chi connectivity index (χ2n) is 4.74. The summed E-state index contributed by atoms with van der Waals surface area (Å²) in [5.74, 6) is -0.171. The first-order valence-corrected chi connectivity index (χ1v) is 6.91. The summed E-state index contributed by atoms with van der Waals surface area (Å²) < 4.78 is 4.68. The van der Waals surface area contributed by atoms with Crippen LogP contribution in [0.1, 0.15) is 50.2 Å². The summed E-state index contributed by atoms with van der Waals surface area (Å²) in [5.41, 5.74) is 2.38. The molecule has 0 bridgehead atoms. The van der Waals surface area contributed by atoms with Gasteiger partial charge in [-0.25, -0.2) is 0 Å². The van der Waals surface area contributed by atoms with E-state index in [2.05, 4.69) is 23.8 Å². The van der Waals surface area contributed by atoms with E-state index in [4.69, 9.17) is 0 Å². The van der Waals surface area contributed by atoms with E-state index in [9.17, 15) is 4.79 Å². The smallest absolute Gasteiger partial charge is 0.309 e. The molecule has 0 saturated carbocycles. The molecular weight excluding hydrogens is 224 g/mol. The maximum absolute atomic E-state index is 11.2. The van der Waals surface area contributed by atoms with Crippen LogP contribution in [0, 0.1) is 0 Å². The highest BCUT2D eigenvalue weighted by atomic mass is 16.5. The zero-order chi connectivity index (χ0) is 13.2. The van der Waals surface area contributed by atoms with Gasteiger partial charge in [-0.2, -0.15) is 0 Å². The lowest BCUT2D eigenvalue weighted by Crippen LogP contribution is -2.04. The van der Waals surface area contributed by atoms with Gasteiger partial charge in [0.25, 0.3) is 0 Å². The molecule has 1 aromatic rings. The highest BCUT2D eigenvalue weighted by Gasteiger charge is 2.03. The average molecular weight is 248 g/mol. The van der Waals surface area contributed by atoms with E-state index < -0.39 is 0 Å². The fraction of sp³-hybridized carbons (Fsp3) is 0.562. The lowest BCUT2D eigenvalue weighted by atomic mass is 10.0. The molecule has 0 N–H and O–H groups in total. The first-order chi connectivity index (χ1) is 8.76. The molecule has 0 aromatic heterocycles. The van der Waals surface area contributed by atoms with Gasteiger partial charge in [-0.15, -0.1) is 0 Å². The maximum atomic E-state index is 11.2. The summed E-state index contributed by atoms with van der Waals surface area (Å²) in [7, 11) is 1.43. The molecule has 0 aliphatic rings. The third-order valence-corrected chi connectivity index (χ3v) is 3.14. The summed E-state index contributed by atoms with van der Waals surface area (Å²) in [6.45, 7) is 2.23. The van der Waals surface area contributed by atoms with Crippen molar-refractivity contribution in [3.05, 3.63) is 35.4 Å². The fourth-order valence-corrected chi connectivity index (χ4v) is 2.07. The van der Waals surface area contributed by atoms with Crippen LogP contribution in [0.2, 0.25) is 0 Å². The first kappa shape index (κ1) is 14.7. The van der Waals surface area contributed by atoms with E-state index >= 15 is 0 Å². The van der Waals surface area contributed by atoms with Gasteiger partial charge in [0.2, 0.25) is 0 Å². The Morgan fingerprint density at radius 1 is 1.11 bits per heavy atom. The quantitative estimate of drug-likeness (QED) is 0.515. The van der Waals surface area contributed by atoms with Crippen LogP contribution in [0.25, 0.3) is 0 Å². The van der Waals surface area contributed by atoms with E-state index in [-0.39, 0.29) is 5.97 Å². The van der Waals surface area contributed by atoms with Gasteiger partial charge in [0.15, 0.2) is 0 Å². The van der Waals surface area contributed by atoms with E-state index in [0.717, 1.165) is 12.0 Å². The van der Waals surface area contributed by atoms with Crippen molar-refractivity contribution in [2.45, 2.75) is 51.9 Å².